The molecule has 2 rings (SSSR count). The first-order valence-electron chi connectivity index (χ1n) is 8.40. The smallest absolute Gasteiger partial charge is 0.330 e. The Morgan fingerprint density at radius 2 is 1.96 bits per heavy atom. The number of non-ortho nitro benzene ring substituents is 1. The average molecular weight is 355 g/mol. The maximum absolute atomic E-state index is 11.5. The van der Waals surface area contributed by atoms with Crippen molar-refractivity contribution in [2.45, 2.75) is 19.8 Å². The van der Waals surface area contributed by atoms with Crippen molar-refractivity contribution in [3.05, 3.63) is 75.8 Å². The number of nitro benzene ring substituents is 1. The van der Waals surface area contributed by atoms with Crippen LogP contribution in [-0.2, 0) is 16.0 Å². The summed E-state index contributed by atoms with van der Waals surface area (Å²) in [5.74, 6) is -0.0155. The van der Waals surface area contributed by atoms with Gasteiger partial charge in [0.05, 0.1) is 18.1 Å². The van der Waals surface area contributed by atoms with Crippen LogP contribution in [-0.4, -0.2) is 24.1 Å². The fraction of sp³-hybridized carbons (Fsp3) is 0.250. The summed E-state index contributed by atoms with van der Waals surface area (Å²) < 4.78 is 10.6. The average Bonchev–Trinajstić information content (AvgIpc) is 2.65. The van der Waals surface area contributed by atoms with Gasteiger partial charge < -0.3 is 9.47 Å². The minimum absolute atomic E-state index is 0.0647. The quantitative estimate of drug-likeness (QED) is 0.222. The molecule has 2 aromatic rings. The van der Waals surface area contributed by atoms with Crippen LogP contribution in [0.25, 0.3) is 6.08 Å². The van der Waals surface area contributed by atoms with Crippen molar-refractivity contribution in [1.82, 2.24) is 0 Å². The summed E-state index contributed by atoms with van der Waals surface area (Å²) in [5.41, 5.74) is 1.62. The van der Waals surface area contributed by atoms with Gasteiger partial charge >= 0.3 is 5.97 Å². The van der Waals surface area contributed by atoms with Crippen LogP contribution in [0, 0.1) is 10.1 Å². The monoisotopic (exact) mass is 355 g/mol. The Balaban J connectivity index is 2.03. The second-order valence-electron chi connectivity index (χ2n) is 5.50. The molecule has 0 saturated carbocycles. The van der Waals surface area contributed by atoms with Gasteiger partial charge in [0, 0.05) is 23.8 Å². The highest BCUT2D eigenvalue weighted by Gasteiger charge is 2.10. The van der Waals surface area contributed by atoms with E-state index in [4.69, 9.17) is 9.47 Å². The number of nitrogens with zero attached hydrogens (tertiary/aromatic N) is 1. The SMILES string of the molecule is CCOC(=O)/C=C/c1cc([N+](=O)[O-])ccc1OCCCc1ccccc1. The van der Waals surface area contributed by atoms with E-state index < -0.39 is 10.9 Å². The molecule has 0 atom stereocenters. The molecule has 0 aromatic heterocycles. The molecule has 0 amide bonds. The fourth-order valence-corrected chi connectivity index (χ4v) is 2.36. The Labute approximate surface area is 152 Å². The molecule has 0 spiro atoms. The third-order valence-corrected chi connectivity index (χ3v) is 3.60. The summed E-state index contributed by atoms with van der Waals surface area (Å²) in [7, 11) is 0. The minimum Gasteiger partial charge on any atom is -0.493 e. The molecule has 2 aromatic carbocycles. The maximum Gasteiger partial charge on any atom is 0.330 e. The van der Waals surface area contributed by atoms with Gasteiger partial charge in [-0.3, -0.25) is 10.1 Å². The second-order valence-corrected chi connectivity index (χ2v) is 5.50. The first-order chi connectivity index (χ1) is 12.6. The Morgan fingerprint density at radius 3 is 2.65 bits per heavy atom. The van der Waals surface area contributed by atoms with Gasteiger partial charge in [0.15, 0.2) is 0 Å². The Morgan fingerprint density at radius 1 is 1.19 bits per heavy atom. The fourth-order valence-electron chi connectivity index (χ4n) is 2.36. The van der Waals surface area contributed by atoms with Crippen molar-refractivity contribution < 1.29 is 19.2 Å². The molecular weight excluding hydrogens is 334 g/mol. The van der Waals surface area contributed by atoms with Crippen LogP contribution in [0.15, 0.2) is 54.6 Å². The molecule has 0 unspecified atom stereocenters. The van der Waals surface area contributed by atoms with Gasteiger partial charge in [0.2, 0.25) is 0 Å². The van der Waals surface area contributed by atoms with Crippen molar-refractivity contribution in [2.75, 3.05) is 13.2 Å². The molecule has 0 aliphatic heterocycles. The number of aryl methyl sites for hydroxylation is 1. The Hall–Kier alpha value is -3.15. The molecule has 0 aliphatic carbocycles. The van der Waals surface area contributed by atoms with Crippen molar-refractivity contribution in [3.8, 4) is 5.75 Å². The van der Waals surface area contributed by atoms with Gasteiger partial charge in [-0.05, 0) is 37.5 Å². The van der Waals surface area contributed by atoms with E-state index in [2.05, 4.69) is 12.1 Å². The normalized spacial score (nSPS) is 10.7. The molecule has 0 fully saturated rings. The van der Waals surface area contributed by atoms with E-state index in [1.54, 1.807) is 13.0 Å². The van der Waals surface area contributed by atoms with Gasteiger partial charge in [-0.25, -0.2) is 4.79 Å². The number of nitro groups is 1. The Bertz CT molecular complexity index is 771. The second kappa shape index (κ2) is 9.98. The summed E-state index contributed by atoms with van der Waals surface area (Å²) >= 11 is 0. The minimum atomic E-state index is -0.506. The predicted molar refractivity (Wildman–Crippen MR) is 99.0 cm³/mol. The molecule has 0 N–H and O–H groups in total. The molecule has 136 valence electrons. The molecule has 0 aliphatic rings. The van der Waals surface area contributed by atoms with Crippen LogP contribution in [0.1, 0.15) is 24.5 Å². The first kappa shape index (κ1) is 19.2. The number of hydrogen-bond donors (Lipinski definition) is 0. The van der Waals surface area contributed by atoms with Crippen LogP contribution in [0.2, 0.25) is 0 Å². The molecule has 0 bridgehead atoms. The number of ether oxygens (including phenoxy) is 2. The molecule has 0 heterocycles. The number of benzene rings is 2. The van der Waals surface area contributed by atoms with E-state index >= 15 is 0 Å². The number of esters is 1. The van der Waals surface area contributed by atoms with Crippen LogP contribution >= 0.6 is 0 Å². The number of rotatable bonds is 9. The molecule has 6 nitrogen and oxygen atoms in total. The van der Waals surface area contributed by atoms with E-state index in [-0.39, 0.29) is 12.3 Å². The Kier molecular flexibility index (Phi) is 7.36. The standard InChI is InChI=1S/C20H21NO5/c1-2-25-20(22)13-10-17-15-18(21(23)24)11-12-19(17)26-14-6-9-16-7-4-3-5-8-16/h3-5,7-8,10-13,15H,2,6,9,14H2,1H3/b13-10+. The van der Waals surface area contributed by atoms with E-state index in [1.807, 2.05) is 18.2 Å². The predicted octanol–water partition coefficient (Wildman–Crippen LogP) is 4.18. The zero-order valence-corrected chi connectivity index (χ0v) is 14.6. The van der Waals surface area contributed by atoms with Crippen molar-refractivity contribution in [1.29, 1.82) is 0 Å². The van der Waals surface area contributed by atoms with E-state index in [0.717, 1.165) is 12.8 Å². The lowest BCUT2D eigenvalue weighted by molar-refractivity contribution is -0.384. The largest absolute Gasteiger partial charge is 0.493 e. The highest BCUT2D eigenvalue weighted by molar-refractivity contribution is 5.87. The number of carbonyl (C=O) groups is 1. The van der Waals surface area contributed by atoms with Gasteiger partial charge in [0.1, 0.15) is 5.75 Å². The molecule has 0 radical (unpaired) electrons. The van der Waals surface area contributed by atoms with E-state index in [1.165, 1.54) is 29.8 Å². The van der Waals surface area contributed by atoms with Crippen molar-refractivity contribution in [3.63, 3.8) is 0 Å². The molecular formula is C20H21NO5. The number of carbonyl (C=O) groups excluding carboxylic acids is 1. The first-order valence-corrected chi connectivity index (χ1v) is 8.40. The number of hydrogen-bond acceptors (Lipinski definition) is 5. The van der Waals surface area contributed by atoms with Crippen LogP contribution in [0.4, 0.5) is 5.69 Å². The van der Waals surface area contributed by atoms with Crippen LogP contribution in [0.3, 0.4) is 0 Å². The molecule has 26 heavy (non-hydrogen) atoms. The van der Waals surface area contributed by atoms with Crippen LogP contribution < -0.4 is 4.74 Å². The van der Waals surface area contributed by atoms with Gasteiger partial charge in [0.25, 0.3) is 5.69 Å². The summed E-state index contributed by atoms with van der Waals surface area (Å²) in [6.07, 6.45) is 4.39. The summed E-state index contributed by atoms with van der Waals surface area (Å²) in [6.45, 7) is 2.44. The van der Waals surface area contributed by atoms with Gasteiger partial charge in [-0.15, -0.1) is 0 Å². The third kappa shape index (κ3) is 6.05. The summed E-state index contributed by atoms with van der Waals surface area (Å²) in [6, 6.07) is 14.4. The van der Waals surface area contributed by atoms with E-state index in [0.29, 0.717) is 17.9 Å². The van der Waals surface area contributed by atoms with Crippen LogP contribution in [0.5, 0.6) is 5.75 Å². The lowest BCUT2D eigenvalue weighted by Gasteiger charge is -2.09. The highest BCUT2D eigenvalue weighted by atomic mass is 16.6. The lowest BCUT2D eigenvalue weighted by atomic mass is 10.1. The highest BCUT2D eigenvalue weighted by Crippen LogP contribution is 2.26. The maximum atomic E-state index is 11.5. The summed E-state index contributed by atoms with van der Waals surface area (Å²) in [4.78, 5) is 22.0. The van der Waals surface area contributed by atoms with Crippen molar-refractivity contribution >= 4 is 17.7 Å². The topological polar surface area (TPSA) is 78.7 Å². The van der Waals surface area contributed by atoms with Crippen molar-refractivity contribution in [2.24, 2.45) is 0 Å². The lowest BCUT2D eigenvalue weighted by Crippen LogP contribution is -2.02. The molecule has 0 saturated heterocycles. The summed E-state index contributed by atoms with van der Waals surface area (Å²) in [5, 5.41) is 11.0. The molecule has 6 heteroatoms. The van der Waals surface area contributed by atoms with Gasteiger partial charge in [-0.2, -0.15) is 0 Å². The van der Waals surface area contributed by atoms with E-state index in [9.17, 15) is 14.9 Å². The zero-order valence-electron chi connectivity index (χ0n) is 14.6. The van der Waals surface area contributed by atoms with Gasteiger partial charge in [-0.1, -0.05) is 30.3 Å². The third-order valence-electron chi connectivity index (χ3n) is 3.60. The zero-order chi connectivity index (χ0) is 18.8.